The Bertz CT molecular complexity index is 1330. The second-order valence-electron chi connectivity index (χ2n) is 7.18. The summed E-state index contributed by atoms with van der Waals surface area (Å²) < 4.78 is 2.74. The largest absolute Gasteiger partial charge is 0.352 e. The molecule has 2 aromatic heterocycles. The van der Waals surface area contributed by atoms with Gasteiger partial charge in [-0.2, -0.15) is 11.8 Å². The minimum atomic E-state index is -0.368. The van der Waals surface area contributed by atoms with Crippen LogP contribution in [0.25, 0.3) is 16.7 Å². The van der Waals surface area contributed by atoms with Crippen molar-refractivity contribution in [1.82, 2.24) is 19.2 Å². The van der Waals surface area contributed by atoms with Crippen molar-refractivity contribution in [3.8, 4) is 0 Å². The number of nitrogens with zero attached hydrogens (tertiary/aromatic N) is 5. The summed E-state index contributed by atoms with van der Waals surface area (Å²) in [5.74, 6) is 2.32. The van der Waals surface area contributed by atoms with Crippen LogP contribution < -0.4 is 15.9 Å². The second-order valence-corrected chi connectivity index (χ2v) is 8.84. The lowest BCUT2D eigenvalue weighted by atomic mass is 10.3. The molecule has 0 spiro atoms. The minimum absolute atomic E-state index is 0.202. The zero-order valence-corrected chi connectivity index (χ0v) is 18.1. The van der Waals surface area contributed by atoms with E-state index in [4.69, 9.17) is 16.6 Å². The van der Waals surface area contributed by atoms with Crippen LogP contribution in [0.3, 0.4) is 0 Å². The molecule has 0 bridgehead atoms. The number of hydrogen-bond donors (Lipinski definition) is 1. The number of para-hydroxylation sites is 2. The van der Waals surface area contributed by atoms with Gasteiger partial charge in [0.05, 0.1) is 11.0 Å². The molecule has 2 aromatic carbocycles. The van der Waals surface area contributed by atoms with Gasteiger partial charge in [0.1, 0.15) is 6.54 Å². The molecule has 1 aliphatic heterocycles. The highest BCUT2D eigenvalue weighted by molar-refractivity contribution is 7.99. The van der Waals surface area contributed by atoms with Gasteiger partial charge in [0.25, 0.3) is 0 Å². The van der Waals surface area contributed by atoms with Crippen molar-refractivity contribution >= 4 is 57.5 Å². The molecule has 1 aliphatic rings. The number of halogens is 1. The molecule has 5 rings (SSSR count). The number of carbonyl (C=O) groups excluding carboxylic acids is 1. The van der Waals surface area contributed by atoms with Crippen LogP contribution in [-0.2, 0) is 11.3 Å². The van der Waals surface area contributed by atoms with Gasteiger partial charge in [0.15, 0.2) is 5.82 Å². The first-order valence-electron chi connectivity index (χ1n) is 9.86. The predicted molar refractivity (Wildman–Crippen MR) is 124 cm³/mol. The smallest absolute Gasteiger partial charge is 0.351 e. The van der Waals surface area contributed by atoms with Crippen LogP contribution in [0.1, 0.15) is 0 Å². The summed E-state index contributed by atoms with van der Waals surface area (Å²) in [5, 5.41) is 7.86. The van der Waals surface area contributed by atoms with E-state index in [1.54, 1.807) is 28.7 Å². The highest BCUT2D eigenvalue weighted by atomic mass is 35.5. The van der Waals surface area contributed by atoms with Crippen molar-refractivity contribution in [2.45, 2.75) is 6.54 Å². The quantitative estimate of drug-likeness (QED) is 0.510. The number of aromatic nitrogens is 4. The monoisotopic (exact) mass is 454 g/mol. The van der Waals surface area contributed by atoms with Gasteiger partial charge in [0.2, 0.25) is 11.6 Å². The maximum Gasteiger partial charge on any atom is 0.351 e. The first kappa shape index (κ1) is 19.9. The predicted octanol–water partition coefficient (Wildman–Crippen LogP) is 2.89. The van der Waals surface area contributed by atoms with Crippen LogP contribution in [-0.4, -0.2) is 49.7 Å². The van der Waals surface area contributed by atoms with Crippen molar-refractivity contribution in [2.75, 3.05) is 34.8 Å². The molecule has 8 nitrogen and oxygen atoms in total. The van der Waals surface area contributed by atoms with E-state index in [2.05, 4.69) is 15.3 Å². The SMILES string of the molecule is O=C(Cn1nc2c(N3CCSCC3)nc3ccccc3n2c1=O)Nc1ccc(Cl)cc1. The number of fused-ring (bicyclic) bond motifs is 3. The molecule has 0 atom stereocenters. The number of carbonyl (C=O) groups is 1. The summed E-state index contributed by atoms with van der Waals surface area (Å²) in [6, 6.07) is 14.3. The first-order chi connectivity index (χ1) is 15.1. The number of nitrogens with one attached hydrogen (secondary N) is 1. The molecule has 1 saturated heterocycles. The zero-order chi connectivity index (χ0) is 21.4. The van der Waals surface area contributed by atoms with Gasteiger partial charge in [-0.15, -0.1) is 5.10 Å². The first-order valence-corrected chi connectivity index (χ1v) is 11.4. The van der Waals surface area contributed by atoms with Gasteiger partial charge in [0, 0.05) is 35.3 Å². The van der Waals surface area contributed by atoms with Gasteiger partial charge in [-0.3, -0.25) is 4.79 Å². The number of rotatable bonds is 4. The molecule has 1 fully saturated rings. The third kappa shape index (κ3) is 3.86. The lowest BCUT2D eigenvalue weighted by Gasteiger charge is -2.27. The Morgan fingerprint density at radius 2 is 1.84 bits per heavy atom. The molecule has 0 aliphatic carbocycles. The Kier molecular flexibility index (Phi) is 5.29. The summed E-state index contributed by atoms with van der Waals surface area (Å²) in [4.78, 5) is 32.7. The van der Waals surface area contributed by atoms with Crippen LogP contribution >= 0.6 is 23.4 Å². The van der Waals surface area contributed by atoms with Crippen molar-refractivity contribution in [3.05, 3.63) is 64.0 Å². The van der Waals surface area contributed by atoms with Gasteiger partial charge < -0.3 is 10.2 Å². The molecule has 1 amide bonds. The van der Waals surface area contributed by atoms with Gasteiger partial charge in [-0.05, 0) is 36.4 Å². The Labute approximate surface area is 186 Å². The number of benzene rings is 2. The average molecular weight is 455 g/mol. The van der Waals surface area contributed by atoms with E-state index in [1.807, 2.05) is 36.0 Å². The third-order valence-electron chi connectivity index (χ3n) is 5.12. The highest BCUT2D eigenvalue weighted by Crippen LogP contribution is 2.24. The van der Waals surface area contributed by atoms with E-state index in [-0.39, 0.29) is 18.1 Å². The molecule has 0 radical (unpaired) electrons. The molecular weight excluding hydrogens is 436 g/mol. The lowest BCUT2D eigenvalue weighted by molar-refractivity contribution is -0.117. The molecule has 31 heavy (non-hydrogen) atoms. The van der Waals surface area contributed by atoms with Crippen molar-refractivity contribution in [1.29, 1.82) is 0 Å². The Balaban J connectivity index is 1.55. The second kappa shape index (κ2) is 8.24. The van der Waals surface area contributed by atoms with E-state index >= 15 is 0 Å². The summed E-state index contributed by atoms with van der Waals surface area (Å²) in [6.45, 7) is 1.47. The van der Waals surface area contributed by atoms with E-state index < -0.39 is 0 Å². The van der Waals surface area contributed by atoms with E-state index in [9.17, 15) is 9.59 Å². The number of thioether (sulfide) groups is 1. The maximum absolute atomic E-state index is 13.2. The summed E-state index contributed by atoms with van der Waals surface area (Å²) in [7, 11) is 0. The molecule has 3 heterocycles. The topological polar surface area (TPSA) is 84.5 Å². The Hall–Kier alpha value is -3.04. The Morgan fingerprint density at radius 3 is 2.61 bits per heavy atom. The zero-order valence-electron chi connectivity index (χ0n) is 16.5. The standard InChI is InChI=1S/C21H19ClN6O2S/c22-14-5-7-15(8-6-14)23-18(29)13-27-21(30)28-17-4-2-1-3-16(17)24-19(20(28)25-27)26-9-11-31-12-10-26/h1-8H,9-13H2,(H,23,29). The van der Waals surface area contributed by atoms with Crippen LogP contribution in [0, 0.1) is 0 Å². The van der Waals surface area contributed by atoms with Gasteiger partial charge >= 0.3 is 5.69 Å². The number of anilines is 2. The molecule has 10 heteroatoms. The van der Waals surface area contributed by atoms with Crippen LogP contribution in [0.4, 0.5) is 11.5 Å². The van der Waals surface area contributed by atoms with Crippen LogP contribution in [0.2, 0.25) is 5.02 Å². The summed E-state index contributed by atoms with van der Waals surface area (Å²) >= 11 is 7.78. The van der Waals surface area contributed by atoms with Gasteiger partial charge in [-0.25, -0.2) is 18.9 Å². The third-order valence-corrected chi connectivity index (χ3v) is 6.31. The fourth-order valence-electron chi connectivity index (χ4n) is 3.64. The molecule has 0 saturated carbocycles. The van der Waals surface area contributed by atoms with E-state index in [0.717, 1.165) is 30.1 Å². The van der Waals surface area contributed by atoms with Crippen LogP contribution in [0.5, 0.6) is 0 Å². The molecule has 158 valence electrons. The fourth-order valence-corrected chi connectivity index (χ4v) is 4.67. The van der Waals surface area contributed by atoms with E-state index in [0.29, 0.717) is 27.7 Å². The summed E-state index contributed by atoms with van der Waals surface area (Å²) in [5.41, 5.74) is 2.09. The Morgan fingerprint density at radius 1 is 1.10 bits per heavy atom. The minimum Gasteiger partial charge on any atom is -0.352 e. The molecule has 1 N–H and O–H groups in total. The fraction of sp³-hybridized carbons (Fsp3) is 0.238. The molecule has 0 unspecified atom stereocenters. The number of amides is 1. The average Bonchev–Trinajstić information content (AvgIpc) is 3.11. The number of hydrogen-bond acceptors (Lipinski definition) is 6. The molecule has 4 aromatic rings. The van der Waals surface area contributed by atoms with Gasteiger partial charge in [-0.1, -0.05) is 23.7 Å². The lowest BCUT2D eigenvalue weighted by Crippen LogP contribution is -2.33. The normalized spacial score (nSPS) is 14.3. The maximum atomic E-state index is 13.2. The van der Waals surface area contributed by atoms with Crippen LogP contribution in [0.15, 0.2) is 53.3 Å². The van der Waals surface area contributed by atoms with E-state index in [1.165, 1.54) is 4.68 Å². The summed E-state index contributed by atoms with van der Waals surface area (Å²) in [6.07, 6.45) is 0. The molecular formula is C21H19ClN6O2S. The highest BCUT2D eigenvalue weighted by Gasteiger charge is 2.22. The van der Waals surface area contributed by atoms with Crippen molar-refractivity contribution < 1.29 is 4.79 Å². The van der Waals surface area contributed by atoms with Crippen molar-refractivity contribution in [3.63, 3.8) is 0 Å². The van der Waals surface area contributed by atoms with Crippen molar-refractivity contribution in [2.24, 2.45) is 0 Å².